The first-order valence-electron chi connectivity index (χ1n) is 8.47. The number of rotatable bonds is 5. The predicted octanol–water partition coefficient (Wildman–Crippen LogP) is 6.09. The van der Waals surface area contributed by atoms with E-state index in [2.05, 4.69) is 50.9 Å². The van der Waals surface area contributed by atoms with Crippen LogP contribution in [0, 0.1) is 0 Å². The Bertz CT molecular complexity index is 753. The first kappa shape index (κ1) is 21.0. The number of halogens is 1. The zero-order chi connectivity index (χ0) is 17.9. The summed E-state index contributed by atoms with van der Waals surface area (Å²) >= 11 is 0. The van der Waals surface area contributed by atoms with E-state index in [1.165, 1.54) is 18.1 Å². The van der Waals surface area contributed by atoms with Crippen LogP contribution in [0.4, 0.5) is 5.69 Å². The van der Waals surface area contributed by atoms with Gasteiger partial charge in [0.15, 0.2) is 5.78 Å². The molecule has 0 N–H and O–H groups in total. The zero-order valence-corrected chi connectivity index (χ0v) is 16.6. The molecule has 1 aromatic heterocycles. The Morgan fingerprint density at radius 3 is 1.84 bits per heavy atom. The third-order valence-electron chi connectivity index (χ3n) is 4.10. The maximum atomic E-state index is 11.6. The molecule has 0 spiro atoms. The van der Waals surface area contributed by atoms with Crippen molar-refractivity contribution in [2.75, 3.05) is 0 Å². The summed E-state index contributed by atoms with van der Waals surface area (Å²) in [5, 5.41) is 0. The number of hydrogen-bond donors (Lipinski definition) is 0. The number of aromatic nitrogens is 1. The van der Waals surface area contributed by atoms with Gasteiger partial charge in [-0.25, -0.2) is 4.98 Å². The Kier molecular flexibility index (Phi) is 7.50. The molecule has 0 aliphatic rings. The molecular formula is C21H27ClN2O. The van der Waals surface area contributed by atoms with Crippen LogP contribution in [0.1, 0.15) is 80.7 Å². The Balaban J connectivity index is 0.00000312. The second-order valence-corrected chi connectivity index (χ2v) is 6.76. The van der Waals surface area contributed by atoms with Gasteiger partial charge in [0, 0.05) is 6.92 Å². The number of para-hydroxylation sites is 1. The summed E-state index contributed by atoms with van der Waals surface area (Å²) in [5.41, 5.74) is 5.56. The molecule has 1 aromatic carbocycles. The minimum Gasteiger partial charge on any atom is -0.293 e. The number of hydrogen-bond acceptors (Lipinski definition) is 3. The molecule has 0 radical (unpaired) electrons. The Hall–Kier alpha value is -2.00. The van der Waals surface area contributed by atoms with E-state index in [1.54, 1.807) is 6.07 Å². The van der Waals surface area contributed by atoms with E-state index in [-0.39, 0.29) is 18.2 Å². The smallest absolute Gasteiger partial charge is 0.178 e. The van der Waals surface area contributed by atoms with Crippen molar-refractivity contribution in [3.05, 3.63) is 58.9 Å². The average Bonchev–Trinajstić information content (AvgIpc) is 2.54. The quantitative estimate of drug-likeness (QED) is 0.479. The molecular weight excluding hydrogens is 332 g/mol. The van der Waals surface area contributed by atoms with Crippen molar-refractivity contribution >= 4 is 29.6 Å². The molecule has 0 aliphatic carbocycles. The fourth-order valence-corrected chi connectivity index (χ4v) is 2.70. The first-order valence-corrected chi connectivity index (χ1v) is 8.47. The highest BCUT2D eigenvalue weighted by molar-refractivity contribution is 6.00. The van der Waals surface area contributed by atoms with Crippen molar-refractivity contribution in [2.45, 2.75) is 53.4 Å². The summed E-state index contributed by atoms with van der Waals surface area (Å²) < 4.78 is 0. The summed E-state index contributed by atoms with van der Waals surface area (Å²) in [4.78, 5) is 20.9. The van der Waals surface area contributed by atoms with Gasteiger partial charge >= 0.3 is 0 Å². The van der Waals surface area contributed by atoms with Crippen LogP contribution in [0.2, 0.25) is 0 Å². The Morgan fingerprint density at radius 1 is 0.880 bits per heavy atom. The molecule has 2 aromatic rings. The van der Waals surface area contributed by atoms with E-state index >= 15 is 0 Å². The minimum atomic E-state index is -0.0323. The van der Waals surface area contributed by atoms with E-state index in [1.807, 2.05) is 19.1 Å². The summed E-state index contributed by atoms with van der Waals surface area (Å²) in [6.45, 7) is 12.2. The van der Waals surface area contributed by atoms with Crippen LogP contribution in [-0.4, -0.2) is 16.5 Å². The van der Waals surface area contributed by atoms with Crippen molar-refractivity contribution in [1.82, 2.24) is 4.98 Å². The van der Waals surface area contributed by atoms with Gasteiger partial charge in [0.1, 0.15) is 5.69 Å². The summed E-state index contributed by atoms with van der Waals surface area (Å²) in [5.74, 6) is 0.758. The van der Waals surface area contributed by atoms with Crippen LogP contribution in [0.3, 0.4) is 0 Å². The van der Waals surface area contributed by atoms with Crippen LogP contribution in [0.15, 0.2) is 41.4 Å². The zero-order valence-electron chi connectivity index (χ0n) is 15.8. The number of benzene rings is 1. The van der Waals surface area contributed by atoms with Gasteiger partial charge in [-0.15, -0.1) is 12.4 Å². The molecule has 25 heavy (non-hydrogen) atoms. The molecule has 3 nitrogen and oxygen atoms in total. The highest BCUT2D eigenvalue weighted by Crippen LogP contribution is 2.35. The molecule has 1 heterocycles. The highest BCUT2D eigenvalue weighted by atomic mass is 35.5. The SMILES string of the molecule is CC(=O)c1cccc(/C(C)=N/c2c(C(C)C)cccc2C(C)C)n1.Cl. The van der Waals surface area contributed by atoms with Crippen LogP contribution < -0.4 is 0 Å². The Morgan fingerprint density at radius 2 is 1.36 bits per heavy atom. The number of aliphatic imine (C=N–C) groups is 1. The first-order chi connectivity index (χ1) is 11.3. The number of pyridine rings is 1. The normalized spacial score (nSPS) is 11.6. The number of ketones is 1. The van der Waals surface area contributed by atoms with Crippen LogP contribution in [0.25, 0.3) is 0 Å². The lowest BCUT2D eigenvalue weighted by Gasteiger charge is -2.17. The van der Waals surface area contributed by atoms with Crippen molar-refractivity contribution in [3.8, 4) is 0 Å². The maximum Gasteiger partial charge on any atom is 0.178 e. The highest BCUT2D eigenvalue weighted by Gasteiger charge is 2.14. The molecule has 134 valence electrons. The second kappa shape index (κ2) is 8.91. The monoisotopic (exact) mass is 358 g/mol. The van der Waals surface area contributed by atoms with Gasteiger partial charge in [0.05, 0.1) is 17.1 Å². The van der Waals surface area contributed by atoms with E-state index in [0.717, 1.165) is 17.1 Å². The van der Waals surface area contributed by atoms with Crippen molar-refractivity contribution in [3.63, 3.8) is 0 Å². The number of carbonyl (C=O) groups is 1. The summed E-state index contributed by atoms with van der Waals surface area (Å²) in [6, 6.07) is 11.9. The number of Topliss-reactive ketones (excluding diaryl/α,β-unsaturated/α-hetero) is 1. The molecule has 0 atom stereocenters. The molecule has 0 bridgehead atoms. The standard InChI is InChI=1S/C21H26N2O.ClH/c1-13(2)17-9-7-10-18(14(3)4)21(17)22-15(5)19-11-8-12-20(23-19)16(6)24;/h7-14H,1-6H3;1H/b22-15+;. The van der Waals surface area contributed by atoms with Crippen molar-refractivity contribution in [2.24, 2.45) is 4.99 Å². The predicted molar refractivity (Wildman–Crippen MR) is 108 cm³/mol. The maximum absolute atomic E-state index is 11.6. The third kappa shape index (κ3) is 4.99. The number of nitrogens with zero attached hydrogens (tertiary/aromatic N) is 2. The molecule has 0 aliphatic heterocycles. The molecule has 0 saturated heterocycles. The van der Waals surface area contributed by atoms with E-state index in [0.29, 0.717) is 17.5 Å². The summed E-state index contributed by atoms with van der Waals surface area (Å²) in [7, 11) is 0. The van der Waals surface area contributed by atoms with Crippen LogP contribution in [-0.2, 0) is 0 Å². The van der Waals surface area contributed by atoms with Gasteiger partial charge in [-0.05, 0) is 42.0 Å². The van der Waals surface area contributed by atoms with E-state index in [9.17, 15) is 4.79 Å². The molecule has 0 unspecified atom stereocenters. The molecule has 4 heteroatoms. The number of carbonyl (C=O) groups excluding carboxylic acids is 1. The van der Waals surface area contributed by atoms with E-state index in [4.69, 9.17) is 4.99 Å². The topological polar surface area (TPSA) is 42.3 Å². The molecule has 0 amide bonds. The molecule has 0 fully saturated rings. The fourth-order valence-electron chi connectivity index (χ4n) is 2.70. The van der Waals surface area contributed by atoms with Crippen LogP contribution >= 0.6 is 12.4 Å². The lowest BCUT2D eigenvalue weighted by Crippen LogP contribution is -2.05. The van der Waals surface area contributed by atoms with Gasteiger partial charge in [-0.2, -0.15) is 0 Å². The van der Waals surface area contributed by atoms with Gasteiger partial charge in [0.25, 0.3) is 0 Å². The van der Waals surface area contributed by atoms with Crippen molar-refractivity contribution < 1.29 is 4.79 Å². The second-order valence-electron chi connectivity index (χ2n) is 6.76. The lowest BCUT2D eigenvalue weighted by atomic mass is 9.93. The Labute approximate surface area is 157 Å². The minimum absolute atomic E-state index is 0. The van der Waals surface area contributed by atoms with Gasteiger partial charge in [0.2, 0.25) is 0 Å². The average molecular weight is 359 g/mol. The molecule has 0 saturated carbocycles. The largest absolute Gasteiger partial charge is 0.293 e. The van der Waals surface area contributed by atoms with E-state index < -0.39 is 0 Å². The van der Waals surface area contributed by atoms with Gasteiger partial charge in [-0.1, -0.05) is 52.0 Å². The lowest BCUT2D eigenvalue weighted by molar-refractivity contribution is 0.101. The van der Waals surface area contributed by atoms with Gasteiger partial charge in [-0.3, -0.25) is 9.79 Å². The van der Waals surface area contributed by atoms with Crippen molar-refractivity contribution in [1.29, 1.82) is 0 Å². The fraction of sp³-hybridized carbons (Fsp3) is 0.381. The molecule has 2 rings (SSSR count). The van der Waals surface area contributed by atoms with Crippen LogP contribution in [0.5, 0.6) is 0 Å². The third-order valence-corrected chi connectivity index (χ3v) is 4.10. The van der Waals surface area contributed by atoms with Gasteiger partial charge < -0.3 is 0 Å². The summed E-state index contributed by atoms with van der Waals surface area (Å²) in [6.07, 6.45) is 0.